The third-order valence-corrected chi connectivity index (χ3v) is 1.50. The summed E-state index contributed by atoms with van der Waals surface area (Å²) in [6.07, 6.45) is 7.37. The zero-order valence-electron chi connectivity index (χ0n) is 6.46. The van der Waals surface area contributed by atoms with Gasteiger partial charge in [-0.1, -0.05) is 6.92 Å². The van der Waals surface area contributed by atoms with Crippen molar-refractivity contribution in [2.24, 2.45) is 4.99 Å². The van der Waals surface area contributed by atoms with E-state index in [4.69, 9.17) is 5.41 Å². The number of hydrogen-bond donors (Lipinski definition) is 2. The van der Waals surface area contributed by atoms with Crippen LogP contribution in [0.1, 0.15) is 13.3 Å². The van der Waals surface area contributed by atoms with E-state index in [1.54, 1.807) is 18.6 Å². The van der Waals surface area contributed by atoms with E-state index in [0.717, 1.165) is 17.7 Å². The summed E-state index contributed by atoms with van der Waals surface area (Å²) >= 11 is 0. The summed E-state index contributed by atoms with van der Waals surface area (Å²) in [5.41, 5.74) is 1.89. The summed E-state index contributed by atoms with van der Waals surface area (Å²) in [6.45, 7) is 2.02. The number of rotatable bonds is 2. The van der Waals surface area contributed by atoms with Crippen LogP contribution in [0, 0.1) is 5.41 Å². The van der Waals surface area contributed by atoms with E-state index in [1.165, 1.54) is 6.21 Å². The lowest BCUT2D eigenvalue weighted by Gasteiger charge is -2.07. The van der Waals surface area contributed by atoms with E-state index in [1.807, 2.05) is 6.92 Å². The van der Waals surface area contributed by atoms with E-state index in [2.05, 4.69) is 10.3 Å². The fourth-order valence-electron chi connectivity index (χ4n) is 0.871. The van der Waals surface area contributed by atoms with Crippen LogP contribution in [0.2, 0.25) is 0 Å². The van der Waals surface area contributed by atoms with Gasteiger partial charge < -0.3 is 10.7 Å². The summed E-state index contributed by atoms with van der Waals surface area (Å²) in [5.74, 6) is 0. The predicted molar refractivity (Wildman–Crippen MR) is 46.9 cm³/mol. The van der Waals surface area contributed by atoms with Gasteiger partial charge in [0.15, 0.2) is 0 Å². The molecule has 0 fully saturated rings. The number of aliphatic imine (C=N–C) groups is 1. The van der Waals surface area contributed by atoms with Gasteiger partial charge in [0, 0.05) is 18.6 Å². The zero-order chi connectivity index (χ0) is 8.10. The maximum Gasteiger partial charge on any atom is 0.0613 e. The molecule has 3 heteroatoms. The van der Waals surface area contributed by atoms with Crippen LogP contribution < -0.4 is 5.32 Å². The summed E-state index contributed by atoms with van der Waals surface area (Å²) in [4.78, 5) is 3.95. The van der Waals surface area contributed by atoms with Crippen LogP contribution >= 0.6 is 0 Å². The van der Waals surface area contributed by atoms with Crippen molar-refractivity contribution in [3.63, 3.8) is 0 Å². The monoisotopic (exact) mass is 149 g/mol. The lowest BCUT2D eigenvalue weighted by Crippen LogP contribution is -2.12. The molecule has 1 aliphatic rings. The van der Waals surface area contributed by atoms with Gasteiger partial charge in [-0.2, -0.15) is 0 Å². The van der Waals surface area contributed by atoms with Crippen LogP contribution in [0.3, 0.4) is 0 Å². The Kier molecular flexibility index (Phi) is 2.60. The number of nitrogens with zero attached hydrogens (tertiary/aromatic N) is 1. The Morgan fingerprint density at radius 2 is 2.64 bits per heavy atom. The molecule has 0 spiro atoms. The summed E-state index contributed by atoms with van der Waals surface area (Å²) in [6, 6.07) is 0. The molecule has 0 saturated heterocycles. The van der Waals surface area contributed by atoms with E-state index >= 15 is 0 Å². The first-order valence-electron chi connectivity index (χ1n) is 3.57. The lowest BCUT2D eigenvalue weighted by atomic mass is 10.2. The van der Waals surface area contributed by atoms with Crippen molar-refractivity contribution in [3.8, 4) is 0 Å². The van der Waals surface area contributed by atoms with Gasteiger partial charge >= 0.3 is 0 Å². The van der Waals surface area contributed by atoms with Crippen molar-refractivity contribution in [3.05, 3.63) is 23.7 Å². The second-order valence-corrected chi connectivity index (χ2v) is 2.18. The molecule has 0 unspecified atom stereocenters. The smallest absolute Gasteiger partial charge is 0.0613 e. The van der Waals surface area contributed by atoms with Crippen LogP contribution in [0.25, 0.3) is 0 Å². The Bertz CT molecular complexity index is 236. The van der Waals surface area contributed by atoms with Gasteiger partial charge in [0.2, 0.25) is 0 Å². The second kappa shape index (κ2) is 3.71. The molecule has 0 saturated carbocycles. The number of hydrogen-bond acceptors (Lipinski definition) is 3. The molecule has 1 aliphatic heterocycles. The molecular weight excluding hydrogens is 138 g/mol. The van der Waals surface area contributed by atoms with Crippen molar-refractivity contribution in [2.75, 3.05) is 0 Å². The van der Waals surface area contributed by atoms with Gasteiger partial charge in [-0.15, -0.1) is 0 Å². The Balaban J connectivity index is 2.85. The summed E-state index contributed by atoms with van der Waals surface area (Å²) in [5, 5.41) is 10.1. The number of allylic oxidation sites excluding steroid dienone is 2. The Morgan fingerprint density at radius 1 is 1.82 bits per heavy atom. The quantitative estimate of drug-likeness (QED) is 0.573. The molecule has 2 N–H and O–H groups in total. The minimum atomic E-state index is 0.853. The molecular formula is C8H11N3. The average molecular weight is 149 g/mol. The van der Waals surface area contributed by atoms with E-state index in [0.29, 0.717) is 0 Å². The highest BCUT2D eigenvalue weighted by molar-refractivity contribution is 5.90. The Labute approximate surface area is 66.0 Å². The van der Waals surface area contributed by atoms with Crippen LogP contribution in [0.4, 0.5) is 0 Å². The first-order chi connectivity index (χ1) is 5.38. The SMILES string of the molecule is CC/C(C=N)=C1\C=NC=CN1. The highest BCUT2D eigenvalue weighted by Gasteiger charge is 1.99. The van der Waals surface area contributed by atoms with E-state index in [9.17, 15) is 0 Å². The molecule has 58 valence electrons. The van der Waals surface area contributed by atoms with E-state index in [-0.39, 0.29) is 0 Å². The first kappa shape index (κ1) is 7.72. The highest BCUT2D eigenvalue weighted by Crippen LogP contribution is 2.03. The largest absolute Gasteiger partial charge is 0.359 e. The van der Waals surface area contributed by atoms with Crippen LogP contribution in [-0.2, 0) is 0 Å². The normalized spacial score (nSPS) is 19.4. The van der Waals surface area contributed by atoms with Gasteiger partial charge in [0.1, 0.15) is 0 Å². The molecule has 0 bridgehead atoms. The fourth-order valence-corrected chi connectivity index (χ4v) is 0.871. The summed E-state index contributed by atoms with van der Waals surface area (Å²) < 4.78 is 0. The number of nitrogens with one attached hydrogen (secondary N) is 2. The van der Waals surface area contributed by atoms with Crippen molar-refractivity contribution in [1.82, 2.24) is 5.32 Å². The van der Waals surface area contributed by atoms with Gasteiger partial charge in [-0.05, 0) is 12.0 Å². The van der Waals surface area contributed by atoms with Gasteiger partial charge in [0.25, 0.3) is 0 Å². The van der Waals surface area contributed by atoms with Crippen molar-refractivity contribution in [1.29, 1.82) is 5.41 Å². The maximum absolute atomic E-state index is 7.09. The summed E-state index contributed by atoms with van der Waals surface area (Å²) in [7, 11) is 0. The third kappa shape index (κ3) is 1.77. The average Bonchev–Trinajstić information content (AvgIpc) is 2.09. The second-order valence-electron chi connectivity index (χ2n) is 2.18. The molecule has 0 aliphatic carbocycles. The Morgan fingerprint density at radius 3 is 3.09 bits per heavy atom. The minimum absolute atomic E-state index is 0.853. The molecule has 11 heavy (non-hydrogen) atoms. The van der Waals surface area contributed by atoms with Crippen LogP contribution in [0.5, 0.6) is 0 Å². The third-order valence-electron chi connectivity index (χ3n) is 1.50. The molecule has 1 heterocycles. The molecule has 0 aromatic carbocycles. The van der Waals surface area contributed by atoms with Gasteiger partial charge in [0.05, 0.1) is 11.9 Å². The molecule has 0 aromatic heterocycles. The van der Waals surface area contributed by atoms with E-state index < -0.39 is 0 Å². The zero-order valence-corrected chi connectivity index (χ0v) is 6.46. The van der Waals surface area contributed by atoms with Crippen molar-refractivity contribution >= 4 is 12.4 Å². The van der Waals surface area contributed by atoms with Crippen LogP contribution in [0.15, 0.2) is 28.7 Å². The predicted octanol–water partition coefficient (Wildman–Crippen LogP) is 1.45. The minimum Gasteiger partial charge on any atom is -0.359 e. The molecule has 0 atom stereocenters. The molecule has 3 nitrogen and oxygen atoms in total. The maximum atomic E-state index is 7.09. The van der Waals surface area contributed by atoms with Crippen LogP contribution in [-0.4, -0.2) is 12.4 Å². The fraction of sp³-hybridized carbons (Fsp3) is 0.250. The lowest BCUT2D eigenvalue weighted by molar-refractivity contribution is 1.05. The molecule has 0 aromatic rings. The van der Waals surface area contributed by atoms with Crippen molar-refractivity contribution < 1.29 is 0 Å². The standard InChI is InChI=1S/C8H11N3/c1-2-7(5-9)8-6-10-3-4-11-8/h3-6,9,11H,2H2,1H3/b8-7-,9-5?. The topological polar surface area (TPSA) is 48.2 Å². The van der Waals surface area contributed by atoms with Crippen molar-refractivity contribution in [2.45, 2.75) is 13.3 Å². The molecule has 1 rings (SSSR count). The van der Waals surface area contributed by atoms with Gasteiger partial charge in [-0.3, -0.25) is 4.99 Å². The molecule has 0 radical (unpaired) electrons. The Hall–Kier alpha value is -1.38. The highest BCUT2D eigenvalue weighted by atomic mass is 14.9. The first-order valence-corrected chi connectivity index (χ1v) is 3.57. The molecule has 0 amide bonds. The van der Waals surface area contributed by atoms with Gasteiger partial charge in [-0.25, -0.2) is 0 Å².